The van der Waals surface area contributed by atoms with Crippen LogP contribution in [-0.4, -0.2) is 41.3 Å². The molecule has 1 saturated heterocycles. The van der Waals surface area contributed by atoms with Crippen LogP contribution < -0.4 is 16.0 Å². The molecule has 2 aromatic rings. The number of hydrogen-bond donors (Lipinski definition) is 4. The highest BCUT2D eigenvalue weighted by molar-refractivity contribution is 6.00. The Morgan fingerprint density at radius 3 is 2.67 bits per heavy atom. The number of para-hydroxylation sites is 1. The van der Waals surface area contributed by atoms with Crippen molar-refractivity contribution in [3.05, 3.63) is 36.0 Å². The average molecular weight is 409 g/mol. The minimum absolute atomic E-state index is 0.0876. The largest absolute Gasteiger partial charge is 0.356 e. The van der Waals surface area contributed by atoms with Crippen LogP contribution in [0, 0.1) is 23.2 Å². The molecule has 30 heavy (non-hydrogen) atoms. The fourth-order valence-corrected chi connectivity index (χ4v) is 3.71. The summed E-state index contributed by atoms with van der Waals surface area (Å²) < 4.78 is 0. The Labute approximate surface area is 175 Å². The Hall–Kier alpha value is -3.34. The second kappa shape index (κ2) is 9.44. The molecule has 0 bridgehead atoms. The highest BCUT2D eigenvalue weighted by Gasteiger charge is 2.30. The fraction of sp³-hybridized carbons (Fsp3) is 0.455. The number of aromatic nitrogens is 1. The quantitative estimate of drug-likeness (QED) is 0.530. The van der Waals surface area contributed by atoms with E-state index in [0.29, 0.717) is 25.1 Å². The second-order valence-electron chi connectivity index (χ2n) is 8.13. The molecular formula is C22H27N5O3. The topological polar surface area (TPSA) is 127 Å². The molecule has 0 aliphatic carbocycles. The third-order valence-corrected chi connectivity index (χ3v) is 5.26. The van der Waals surface area contributed by atoms with Crippen molar-refractivity contribution in [2.45, 2.75) is 45.2 Å². The van der Waals surface area contributed by atoms with Crippen LogP contribution in [0.15, 0.2) is 30.3 Å². The van der Waals surface area contributed by atoms with Gasteiger partial charge in [-0.2, -0.15) is 5.26 Å². The molecular weight excluding hydrogens is 382 g/mol. The number of aromatic amines is 1. The molecule has 3 rings (SSSR count). The van der Waals surface area contributed by atoms with Gasteiger partial charge < -0.3 is 20.9 Å². The zero-order valence-corrected chi connectivity index (χ0v) is 17.2. The van der Waals surface area contributed by atoms with E-state index in [-0.39, 0.29) is 30.1 Å². The third kappa shape index (κ3) is 5.17. The van der Waals surface area contributed by atoms with Crippen molar-refractivity contribution in [2.24, 2.45) is 11.8 Å². The van der Waals surface area contributed by atoms with E-state index in [0.717, 1.165) is 10.9 Å². The van der Waals surface area contributed by atoms with Crippen molar-refractivity contribution in [2.75, 3.05) is 6.54 Å². The smallest absolute Gasteiger partial charge is 0.268 e. The summed E-state index contributed by atoms with van der Waals surface area (Å²) in [6, 6.07) is 9.78. The van der Waals surface area contributed by atoms with Crippen LogP contribution in [-0.2, 0) is 9.59 Å². The van der Waals surface area contributed by atoms with Crippen molar-refractivity contribution in [3.8, 4) is 6.07 Å². The summed E-state index contributed by atoms with van der Waals surface area (Å²) in [5.41, 5.74) is 1.21. The lowest BCUT2D eigenvalue weighted by Gasteiger charge is -2.22. The highest BCUT2D eigenvalue weighted by Crippen LogP contribution is 2.17. The zero-order chi connectivity index (χ0) is 21.7. The Kier molecular flexibility index (Phi) is 6.72. The molecule has 3 amide bonds. The van der Waals surface area contributed by atoms with E-state index in [9.17, 15) is 19.6 Å². The van der Waals surface area contributed by atoms with Crippen molar-refractivity contribution in [1.29, 1.82) is 5.26 Å². The van der Waals surface area contributed by atoms with E-state index in [2.05, 4.69) is 27.0 Å². The lowest BCUT2D eigenvalue weighted by Crippen LogP contribution is -2.50. The van der Waals surface area contributed by atoms with E-state index < -0.39 is 18.0 Å². The van der Waals surface area contributed by atoms with Gasteiger partial charge in [0.25, 0.3) is 5.91 Å². The van der Waals surface area contributed by atoms with E-state index in [1.54, 1.807) is 6.07 Å². The number of hydrogen-bond acceptors (Lipinski definition) is 4. The van der Waals surface area contributed by atoms with Gasteiger partial charge in [-0.25, -0.2) is 0 Å². The second-order valence-corrected chi connectivity index (χ2v) is 8.13. The number of H-pyrrole nitrogens is 1. The predicted molar refractivity (Wildman–Crippen MR) is 112 cm³/mol. The maximum atomic E-state index is 12.9. The van der Waals surface area contributed by atoms with Gasteiger partial charge in [0.2, 0.25) is 11.8 Å². The zero-order valence-electron chi connectivity index (χ0n) is 17.2. The van der Waals surface area contributed by atoms with E-state index >= 15 is 0 Å². The lowest BCUT2D eigenvalue weighted by molar-refractivity contribution is -0.125. The summed E-state index contributed by atoms with van der Waals surface area (Å²) in [6.07, 6.45) is 1.34. The summed E-state index contributed by atoms with van der Waals surface area (Å²) in [6.45, 7) is 4.51. The first-order chi connectivity index (χ1) is 14.4. The number of carbonyl (C=O) groups is 3. The van der Waals surface area contributed by atoms with Gasteiger partial charge in [-0.15, -0.1) is 0 Å². The van der Waals surface area contributed by atoms with E-state index in [1.807, 2.05) is 38.1 Å². The molecule has 1 aromatic carbocycles. The average Bonchev–Trinajstić information content (AvgIpc) is 3.32. The first-order valence-electron chi connectivity index (χ1n) is 10.2. The van der Waals surface area contributed by atoms with Gasteiger partial charge in [0, 0.05) is 23.4 Å². The normalized spacial score (nSPS) is 17.9. The van der Waals surface area contributed by atoms with Crippen LogP contribution in [0.3, 0.4) is 0 Å². The predicted octanol–water partition coefficient (Wildman–Crippen LogP) is 1.85. The lowest BCUT2D eigenvalue weighted by atomic mass is 9.98. The SMILES string of the molecule is CC(C)C[C@H](NC(=O)c1cc2ccccc2[nH]1)C(=O)N[C@H](C#N)C[C@@H]1CCNC1=O. The van der Waals surface area contributed by atoms with Crippen LogP contribution in [0.1, 0.15) is 43.6 Å². The number of amides is 3. The van der Waals surface area contributed by atoms with Crippen LogP contribution >= 0.6 is 0 Å². The monoisotopic (exact) mass is 409 g/mol. The summed E-state index contributed by atoms with van der Waals surface area (Å²) in [5, 5.41) is 18.6. The standard InChI is InChI=1S/C22H27N5O3/c1-13(2)9-18(21(29)25-16(12-23)10-15-7-8-24-20(15)28)27-22(30)19-11-14-5-3-4-6-17(14)26-19/h3-6,11,13,15-16,18,26H,7-10H2,1-2H3,(H,24,28)(H,25,29)(H,27,30)/t15-,16-,18-/m0/s1. The molecule has 8 heteroatoms. The number of rotatable bonds is 8. The first-order valence-corrected chi connectivity index (χ1v) is 10.2. The van der Waals surface area contributed by atoms with E-state index in [1.165, 1.54) is 0 Å². The number of benzene rings is 1. The molecule has 0 radical (unpaired) electrons. The van der Waals surface area contributed by atoms with Crippen molar-refractivity contribution >= 4 is 28.6 Å². The maximum Gasteiger partial charge on any atom is 0.268 e. The molecule has 1 fully saturated rings. The van der Waals surface area contributed by atoms with E-state index in [4.69, 9.17) is 0 Å². The summed E-state index contributed by atoms with van der Waals surface area (Å²) >= 11 is 0. The fourth-order valence-electron chi connectivity index (χ4n) is 3.71. The van der Waals surface area contributed by atoms with Gasteiger partial charge >= 0.3 is 0 Å². The van der Waals surface area contributed by atoms with Crippen LogP contribution in [0.2, 0.25) is 0 Å². The summed E-state index contributed by atoms with van der Waals surface area (Å²) in [4.78, 5) is 40.4. The summed E-state index contributed by atoms with van der Waals surface area (Å²) in [7, 11) is 0. The van der Waals surface area contributed by atoms with Gasteiger partial charge in [-0.05, 0) is 37.3 Å². The molecule has 4 N–H and O–H groups in total. The molecule has 1 aromatic heterocycles. The number of carbonyl (C=O) groups excluding carboxylic acids is 3. The van der Waals surface area contributed by atoms with Gasteiger partial charge in [0.1, 0.15) is 17.8 Å². The molecule has 0 saturated carbocycles. The van der Waals surface area contributed by atoms with Crippen LogP contribution in [0.5, 0.6) is 0 Å². The number of nitriles is 1. The van der Waals surface area contributed by atoms with Crippen molar-refractivity contribution < 1.29 is 14.4 Å². The number of nitrogens with zero attached hydrogens (tertiary/aromatic N) is 1. The minimum atomic E-state index is -0.786. The van der Waals surface area contributed by atoms with Crippen molar-refractivity contribution in [3.63, 3.8) is 0 Å². The molecule has 2 heterocycles. The Morgan fingerprint density at radius 1 is 1.27 bits per heavy atom. The molecule has 0 spiro atoms. The van der Waals surface area contributed by atoms with Gasteiger partial charge in [-0.1, -0.05) is 32.0 Å². The summed E-state index contributed by atoms with van der Waals surface area (Å²) in [5.74, 6) is -1.01. The number of fused-ring (bicyclic) bond motifs is 1. The first kappa shape index (κ1) is 21.4. The van der Waals surface area contributed by atoms with Gasteiger partial charge in [-0.3, -0.25) is 14.4 Å². The highest BCUT2D eigenvalue weighted by atomic mass is 16.2. The molecule has 0 unspecified atom stereocenters. The third-order valence-electron chi connectivity index (χ3n) is 5.26. The van der Waals surface area contributed by atoms with Gasteiger partial charge in [0.05, 0.1) is 6.07 Å². The van der Waals surface area contributed by atoms with Crippen molar-refractivity contribution in [1.82, 2.24) is 20.9 Å². The molecule has 1 aliphatic heterocycles. The molecule has 158 valence electrons. The minimum Gasteiger partial charge on any atom is -0.356 e. The Bertz CT molecular complexity index is 942. The van der Waals surface area contributed by atoms with Crippen LogP contribution in [0.4, 0.5) is 0 Å². The maximum absolute atomic E-state index is 12.9. The molecule has 1 aliphatic rings. The number of nitrogens with one attached hydrogen (secondary N) is 4. The molecule has 3 atom stereocenters. The van der Waals surface area contributed by atoms with Crippen LogP contribution in [0.25, 0.3) is 10.9 Å². The Morgan fingerprint density at radius 2 is 2.03 bits per heavy atom. The Balaban J connectivity index is 1.67. The van der Waals surface area contributed by atoms with Gasteiger partial charge in [0.15, 0.2) is 0 Å². The molecule has 8 nitrogen and oxygen atoms in total.